The van der Waals surface area contributed by atoms with Crippen LogP contribution in [0.1, 0.15) is 32.4 Å². The molecule has 2 rings (SSSR count). The van der Waals surface area contributed by atoms with Gasteiger partial charge in [-0.3, -0.25) is 4.21 Å². The highest BCUT2D eigenvalue weighted by Crippen LogP contribution is 2.39. The molecule has 0 aliphatic heterocycles. The largest absolute Gasteiger partial charge is 0.398 e. The topological polar surface area (TPSA) is 43.1 Å². The van der Waals surface area contributed by atoms with Gasteiger partial charge in [-0.05, 0) is 39.0 Å². The summed E-state index contributed by atoms with van der Waals surface area (Å²) in [6, 6.07) is 4.70. The summed E-state index contributed by atoms with van der Waals surface area (Å²) in [5.41, 5.74) is 0.0489. The van der Waals surface area contributed by atoms with Crippen molar-refractivity contribution in [3.05, 3.63) is 28.4 Å². The van der Waals surface area contributed by atoms with Crippen molar-refractivity contribution >= 4 is 37.7 Å². The summed E-state index contributed by atoms with van der Waals surface area (Å²) in [6.45, 7) is 4.94. The lowest BCUT2D eigenvalue weighted by Crippen LogP contribution is -2.33. The van der Waals surface area contributed by atoms with Crippen LogP contribution in [0.3, 0.4) is 0 Å². The third kappa shape index (κ3) is 3.71. The highest BCUT2D eigenvalue weighted by molar-refractivity contribution is 9.10. The van der Waals surface area contributed by atoms with Gasteiger partial charge in [0, 0.05) is 31.2 Å². The average molecular weight is 398 g/mol. The van der Waals surface area contributed by atoms with Crippen molar-refractivity contribution in [3.8, 4) is 0 Å². The number of nitrogens with zero attached hydrogens (tertiary/aromatic N) is 1. The molecule has 0 fully saturated rings. The summed E-state index contributed by atoms with van der Waals surface area (Å²) < 4.78 is 57.3. The standard InChI is InChI=1S/C14H15BrF3NO2S/c1-13(2,3)22(20)7-10(14(16,17)18)12-9-5-4-8(15)6-11(9)21-19-12/h4-6,10H,7H2,1-3H3. The van der Waals surface area contributed by atoms with Gasteiger partial charge in [-0.1, -0.05) is 21.1 Å². The Labute approximate surface area is 136 Å². The Morgan fingerprint density at radius 1 is 1.32 bits per heavy atom. The first kappa shape index (κ1) is 17.5. The van der Waals surface area contributed by atoms with Gasteiger partial charge in [-0.2, -0.15) is 13.2 Å². The van der Waals surface area contributed by atoms with Crippen LogP contribution < -0.4 is 0 Å². The molecule has 0 aliphatic rings. The first-order valence-electron chi connectivity index (χ1n) is 6.50. The molecule has 0 bridgehead atoms. The molecule has 1 aromatic heterocycles. The van der Waals surface area contributed by atoms with Gasteiger partial charge in [0.05, 0.1) is 0 Å². The zero-order valence-electron chi connectivity index (χ0n) is 12.2. The third-order valence-electron chi connectivity index (χ3n) is 3.19. The maximum absolute atomic E-state index is 13.4. The third-order valence-corrected chi connectivity index (χ3v) is 5.68. The van der Waals surface area contributed by atoms with Crippen LogP contribution in [0.5, 0.6) is 0 Å². The van der Waals surface area contributed by atoms with Crippen LogP contribution in [0.2, 0.25) is 0 Å². The van der Waals surface area contributed by atoms with Crippen LogP contribution in [0.4, 0.5) is 13.2 Å². The summed E-state index contributed by atoms with van der Waals surface area (Å²) in [7, 11) is -1.66. The van der Waals surface area contributed by atoms with Gasteiger partial charge in [0.2, 0.25) is 0 Å². The Hall–Kier alpha value is -0.890. The lowest BCUT2D eigenvalue weighted by atomic mass is 10.0. The predicted octanol–water partition coefficient (Wildman–Crippen LogP) is 4.78. The van der Waals surface area contributed by atoms with E-state index in [-0.39, 0.29) is 16.7 Å². The van der Waals surface area contributed by atoms with Crippen molar-refractivity contribution in [2.24, 2.45) is 0 Å². The maximum Gasteiger partial charge on any atom is 0.398 e. The smallest absolute Gasteiger partial charge is 0.356 e. The molecule has 2 unspecified atom stereocenters. The normalized spacial score (nSPS) is 16.0. The highest BCUT2D eigenvalue weighted by atomic mass is 79.9. The number of halogens is 4. The van der Waals surface area contributed by atoms with E-state index in [4.69, 9.17) is 4.52 Å². The Morgan fingerprint density at radius 2 is 1.95 bits per heavy atom. The van der Waals surface area contributed by atoms with Crippen molar-refractivity contribution in [1.82, 2.24) is 5.16 Å². The van der Waals surface area contributed by atoms with Crippen LogP contribution in [0.15, 0.2) is 27.2 Å². The quantitative estimate of drug-likeness (QED) is 0.747. The fraction of sp³-hybridized carbons (Fsp3) is 0.500. The van der Waals surface area contributed by atoms with Gasteiger partial charge in [0.25, 0.3) is 0 Å². The van der Waals surface area contributed by atoms with Crippen molar-refractivity contribution in [2.45, 2.75) is 37.6 Å². The molecule has 0 saturated heterocycles. The van der Waals surface area contributed by atoms with E-state index in [0.717, 1.165) is 0 Å². The summed E-state index contributed by atoms with van der Waals surface area (Å²) in [4.78, 5) is 0. The number of benzene rings is 1. The van der Waals surface area contributed by atoms with Gasteiger partial charge in [-0.15, -0.1) is 0 Å². The fourth-order valence-corrected chi connectivity index (χ4v) is 3.40. The first-order chi connectivity index (χ1) is 10.00. The molecule has 3 nitrogen and oxygen atoms in total. The minimum atomic E-state index is -4.54. The van der Waals surface area contributed by atoms with Crippen LogP contribution in [-0.4, -0.2) is 26.0 Å². The number of hydrogen-bond acceptors (Lipinski definition) is 3. The number of alkyl halides is 3. The van der Waals surface area contributed by atoms with E-state index in [9.17, 15) is 17.4 Å². The van der Waals surface area contributed by atoms with Crippen molar-refractivity contribution in [2.75, 3.05) is 5.75 Å². The zero-order chi connectivity index (χ0) is 16.7. The summed E-state index contributed by atoms with van der Waals surface area (Å²) in [6.07, 6.45) is -4.54. The van der Waals surface area contributed by atoms with Gasteiger partial charge in [0.1, 0.15) is 11.6 Å². The molecule has 0 radical (unpaired) electrons. The Kier molecular flexibility index (Phi) is 4.73. The van der Waals surface area contributed by atoms with Crippen LogP contribution in [0.25, 0.3) is 11.0 Å². The number of hydrogen-bond donors (Lipinski definition) is 0. The average Bonchev–Trinajstić information content (AvgIpc) is 2.75. The van der Waals surface area contributed by atoms with E-state index in [1.54, 1.807) is 32.9 Å². The van der Waals surface area contributed by atoms with Gasteiger partial charge >= 0.3 is 6.18 Å². The molecule has 2 atom stereocenters. The Morgan fingerprint density at radius 3 is 2.50 bits per heavy atom. The highest BCUT2D eigenvalue weighted by Gasteiger charge is 2.45. The second kappa shape index (κ2) is 5.96. The second-order valence-corrected chi connectivity index (χ2v) is 9.09. The van der Waals surface area contributed by atoms with Crippen LogP contribution in [0, 0.1) is 0 Å². The molecule has 0 spiro atoms. The summed E-state index contributed by atoms with van der Waals surface area (Å²) in [5, 5.41) is 3.88. The van der Waals surface area contributed by atoms with E-state index in [1.165, 1.54) is 6.07 Å². The predicted molar refractivity (Wildman–Crippen MR) is 83.3 cm³/mol. The van der Waals surface area contributed by atoms with Gasteiger partial charge in [0.15, 0.2) is 5.58 Å². The molecule has 8 heteroatoms. The molecular weight excluding hydrogens is 383 g/mol. The molecule has 0 aliphatic carbocycles. The molecule has 1 heterocycles. The monoisotopic (exact) mass is 397 g/mol. The molecule has 0 N–H and O–H groups in total. The van der Waals surface area contributed by atoms with E-state index < -0.39 is 33.4 Å². The van der Waals surface area contributed by atoms with E-state index in [2.05, 4.69) is 21.1 Å². The Balaban J connectivity index is 2.47. The minimum absolute atomic E-state index is 0.215. The summed E-state index contributed by atoms with van der Waals surface area (Å²) in [5.74, 6) is -2.46. The van der Waals surface area contributed by atoms with Crippen molar-refractivity contribution in [1.29, 1.82) is 0 Å². The van der Waals surface area contributed by atoms with E-state index >= 15 is 0 Å². The van der Waals surface area contributed by atoms with Gasteiger partial charge in [-0.25, -0.2) is 0 Å². The Bertz CT molecular complexity index is 706. The van der Waals surface area contributed by atoms with E-state index in [0.29, 0.717) is 4.47 Å². The molecule has 0 amide bonds. The molecule has 1 aromatic carbocycles. The van der Waals surface area contributed by atoms with Gasteiger partial charge < -0.3 is 4.52 Å². The number of aromatic nitrogens is 1. The molecule has 22 heavy (non-hydrogen) atoms. The van der Waals surface area contributed by atoms with Crippen molar-refractivity contribution in [3.63, 3.8) is 0 Å². The van der Waals surface area contributed by atoms with Crippen molar-refractivity contribution < 1.29 is 21.9 Å². The molecule has 122 valence electrons. The number of rotatable bonds is 3. The molecule has 2 aromatic rings. The van der Waals surface area contributed by atoms with E-state index in [1.807, 2.05) is 0 Å². The summed E-state index contributed by atoms with van der Waals surface area (Å²) >= 11 is 3.23. The lowest BCUT2D eigenvalue weighted by molar-refractivity contribution is -0.146. The maximum atomic E-state index is 13.4. The molecular formula is C14H15BrF3NO2S. The minimum Gasteiger partial charge on any atom is -0.356 e. The lowest BCUT2D eigenvalue weighted by Gasteiger charge is -2.23. The zero-order valence-corrected chi connectivity index (χ0v) is 14.6. The number of fused-ring (bicyclic) bond motifs is 1. The second-order valence-electron chi connectivity index (χ2n) is 5.93. The first-order valence-corrected chi connectivity index (χ1v) is 8.61. The van der Waals surface area contributed by atoms with Crippen LogP contribution >= 0.6 is 15.9 Å². The SMILES string of the molecule is CC(C)(C)S(=O)CC(c1noc2cc(Br)ccc12)C(F)(F)F. The molecule has 0 saturated carbocycles. The fourth-order valence-electron chi connectivity index (χ4n) is 1.91. The van der Waals surface area contributed by atoms with Crippen LogP contribution in [-0.2, 0) is 10.8 Å².